The minimum Gasteiger partial charge on any atom is -0.469 e. The first-order valence-electron chi connectivity index (χ1n) is 4.51. The Balaban J connectivity index is 2.34. The highest BCUT2D eigenvalue weighted by Crippen LogP contribution is 2.36. The Morgan fingerprint density at radius 2 is 1.86 bits per heavy atom. The molecule has 1 aliphatic carbocycles. The highest BCUT2D eigenvalue weighted by molar-refractivity contribution is 5.77. The van der Waals surface area contributed by atoms with E-state index in [-0.39, 0.29) is 17.8 Å². The quantitative estimate of drug-likeness (QED) is 0.633. The van der Waals surface area contributed by atoms with Crippen LogP contribution in [0.4, 0.5) is 0 Å². The molecule has 1 atom stereocenters. The van der Waals surface area contributed by atoms with Crippen molar-refractivity contribution in [3.8, 4) is 0 Å². The van der Waals surface area contributed by atoms with E-state index in [9.17, 15) is 9.59 Å². The van der Waals surface area contributed by atoms with Gasteiger partial charge in [-0.25, -0.2) is 0 Å². The topological polar surface area (TPSA) is 78.6 Å². The Hall–Kier alpha value is -1.10. The van der Waals surface area contributed by atoms with Gasteiger partial charge in [0.25, 0.3) is 0 Å². The Bertz CT molecular complexity index is 235. The lowest BCUT2D eigenvalue weighted by atomic mass is 9.71. The minimum absolute atomic E-state index is 0.0477. The molecule has 0 aromatic rings. The number of carbonyl (C=O) groups excluding carboxylic acids is 2. The van der Waals surface area contributed by atoms with Gasteiger partial charge in [-0.1, -0.05) is 0 Å². The van der Waals surface area contributed by atoms with E-state index >= 15 is 0 Å². The van der Waals surface area contributed by atoms with Crippen molar-refractivity contribution in [1.82, 2.24) is 0 Å². The summed E-state index contributed by atoms with van der Waals surface area (Å²) >= 11 is 0. The lowest BCUT2D eigenvalue weighted by molar-refractivity contribution is -0.154. The largest absolute Gasteiger partial charge is 0.469 e. The Morgan fingerprint density at radius 3 is 2.29 bits per heavy atom. The molecule has 80 valence electrons. The fourth-order valence-corrected chi connectivity index (χ4v) is 1.64. The van der Waals surface area contributed by atoms with Crippen LogP contribution in [0.15, 0.2) is 0 Å². The van der Waals surface area contributed by atoms with Crippen LogP contribution in [-0.4, -0.2) is 32.2 Å². The second-order valence-corrected chi connectivity index (χ2v) is 3.50. The van der Waals surface area contributed by atoms with Gasteiger partial charge in [0.1, 0.15) is 6.04 Å². The van der Waals surface area contributed by atoms with Crippen LogP contribution in [0.5, 0.6) is 0 Å². The summed E-state index contributed by atoms with van der Waals surface area (Å²) < 4.78 is 9.08. The Kier molecular flexibility index (Phi) is 3.46. The summed E-state index contributed by atoms with van der Waals surface area (Å²) in [6.07, 6.45) is 1.23. The van der Waals surface area contributed by atoms with Crippen LogP contribution in [-0.2, 0) is 19.1 Å². The zero-order chi connectivity index (χ0) is 10.7. The zero-order valence-corrected chi connectivity index (χ0v) is 8.36. The van der Waals surface area contributed by atoms with Gasteiger partial charge in [0.05, 0.1) is 20.1 Å². The van der Waals surface area contributed by atoms with E-state index in [2.05, 4.69) is 9.47 Å². The van der Waals surface area contributed by atoms with E-state index < -0.39 is 12.0 Å². The number of esters is 2. The fraction of sp³-hybridized carbons (Fsp3) is 0.778. The molecule has 2 N–H and O–H groups in total. The van der Waals surface area contributed by atoms with E-state index in [1.54, 1.807) is 0 Å². The molecule has 0 aromatic carbocycles. The molecule has 0 aromatic heterocycles. The van der Waals surface area contributed by atoms with Crippen molar-refractivity contribution in [3.05, 3.63) is 0 Å². The third kappa shape index (κ3) is 2.04. The molecule has 1 aliphatic rings. The van der Waals surface area contributed by atoms with Crippen molar-refractivity contribution >= 4 is 11.9 Å². The van der Waals surface area contributed by atoms with E-state index in [4.69, 9.17) is 5.73 Å². The number of methoxy groups -OCH3 is 2. The number of carbonyl (C=O) groups is 2. The van der Waals surface area contributed by atoms with Gasteiger partial charge in [-0.2, -0.15) is 0 Å². The number of nitrogens with two attached hydrogens (primary N) is 1. The smallest absolute Gasteiger partial charge is 0.322 e. The summed E-state index contributed by atoms with van der Waals surface area (Å²) in [6.45, 7) is 0. The standard InChI is InChI=1S/C9H15NO4/c1-13-8(11)6-3-5(4-6)7(10)9(12)14-2/h5-7H,3-4,10H2,1-2H3. The summed E-state index contributed by atoms with van der Waals surface area (Å²) in [7, 11) is 2.66. The van der Waals surface area contributed by atoms with Crippen LogP contribution in [0.1, 0.15) is 12.8 Å². The maximum Gasteiger partial charge on any atom is 0.322 e. The number of ether oxygens (including phenoxy) is 2. The van der Waals surface area contributed by atoms with Crippen molar-refractivity contribution in [1.29, 1.82) is 0 Å². The van der Waals surface area contributed by atoms with Gasteiger partial charge in [0.15, 0.2) is 0 Å². The average molecular weight is 201 g/mol. The molecule has 0 saturated heterocycles. The Labute approximate surface area is 82.5 Å². The molecule has 5 nitrogen and oxygen atoms in total. The molecule has 0 bridgehead atoms. The molecule has 1 fully saturated rings. The van der Waals surface area contributed by atoms with Crippen molar-refractivity contribution in [3.63, 3.8) is 0 Å². The van der Waals surface area contributed by atoms with E-state index in [0.717, 1.165) is 0 Å². The summed E-state index contributed by atoms with van der Waals surface area (Å²) in [6, 6.07) is -0.610. The normalized spacial score (nSPS) is 27.4. The predicted octanol–water partition coefficient (Wildman–Crippen LogP) is -0.314. The SMILES string of the molecule is COC(=O)C1CC(C(N)C(=O)OC)C1. The minimum atomic E-state index is -0.610. The second kappa shape index (κ2) is 4.41. The Morgan fingerprint density at radius 1 is 1.29 bits per heavy atom. The van der Waals surface area contributed by atoms with Crippen molar-refractivity contribution in [2.24, 2.45) is 17.6 Å². The lowest BCUT2D eigenvalue weighted by Crippen LogP contribution is -2.47. The lowest BCUT2D eigenvalue weighted by Gasteiger charge is -2.35. The van der Waals surface area contributed by atoms with Crippen LogP contribution in [0, 0.1) is 11.8 Å². The summed E-state index contributed by atoms with van der Waals surface area (Å²) in [5.41, 5.74) is 5.61. The first kappa shape index (κ1) is 11.0. The molecular weight excluding hydrogens is 186 g/mol. The number of hydrogen-bond donors (Lipinski definition) is 1. The first-order chi connectivity index (χ1) is 6.60. The summed E-state index contributed by atoms with van der Waals surface area (Å²) in [4.78, 5) is 22.1. The van der Waals surface area contributed by atoms with E-state index in [1.807, 2.05) is 0 Å². The third-order valence-electron chi connectivity index (χ3n) is 2.69. The van der Waals surface area contributed by atoms with Gasteiger partial charge in [0, 0.05) is 0 Å². The van der Waals surface area contributed by atoms with Crippen molar-refractivity contribution < 1.29 is 19.1 Å². The van der Waals surface area contributed by atoms with E-state index in [1.165, 1.54) is 14.2 Å². The first-order valence-corrected chi connectivity index (χ1v) is 4.51. The van der Waals surface area contributed by atoms with Crippen molar-refractivity contribution in [2.75, 3.05) is 14.2 Å². The molecular formula is C9H15NO4. The third-order valence-corrected chi connectivity index (χ3v) is 2.69. The highest BCUT2D eigenvalue weighted by atomic mass is 16.5. The van der Waals surface area contributed by atoms with Gasteiger partial charge in [0.2, 0.25) is 0 Å². The van der Waals surface area contributed by atoms with E-state index in [0.29, 0.717) is 12.8 Å². The molecule has 0 radical (unpaired) electrons. The van der Waals surface area contributed by atoms with Gasteiger partial charge < -0.3 is 15.2 Å². The maximum absolute atomic E-state index is 11.0. The average Bonchev–Trinajstić information content (AvgIpc) is 2.13. The maximum atomic E-state index is 11.0. The highest BCUT2D eigenvalue weighted by Gasteiger charge is 2.41. The van der Waals surface area contributed by atoms with Gasteiger partial charge in [-0.05, 0) is 18.8 Å². The van der Waals surface area contributed by atoms with Crippen LogP contribution in [0.25, 0.3) is 0 Å². The summed E-state index contributed by atoms with van der Waals surface area (Å²) in [5, 5.41) is 0. The van der Waals surface area contributed by atoms with Crippen LogP contribution >= 0.6 is 0 Å². The van der Waals surface area contributed by atoms with Gasteiger partial charge in [-0.15, -0.1) is 0 Å². The van der Waals surface area contributed by atoms with Crippen LogP contribution < -0.4 is 5.73 Å². The molecule has 1 unspecified atom stereocenters. The molecule has 1 saturated carbocycles. The predicted molar refractivity (Wildman–Crippen MR) is 48.2 cm³/mol. The second-order valence-electron chi connectivity index (χ2n) is 3.50. The number of hydrogen-bond acceptors (Lipinski definition) is 5. The van der Waals surface area contributed by atoms with Gasteiger partial charge >= 0.3 is 11.9 Å². The molecule has 14 heavy (non-hydrogen) atoms. The van der Waals surface area contributed by atoms with Crippen LogP contribution in [0.3, 0.4) is 0 Å². The summed E-state index contributed by atoms with van der Waals surface area (Å²) in [5.74, 6) is -0.691. The molecule has 5 heteroatoms. The van der Waals surface area contributed by atoms with Crippen molar-refractivity contribution in [2.45, 2.75) is 18.9 Å². The van der Waals surface area contributed by atoms with Gasteiger partial charge in [-0.3, -0.25) is 9.59 Å². The number of rotatable bonds is 3. The zero-order valence-electron chi connectivity index (χ0n) is 8.36. The van der Waals surface area contributed by atoms with Crippen LogP contribution in [0.2, 0.25) is 0 Å². The monoisotopic (exact) mass is 201 g/mol. The molecule has 0 heterocycles. The fourth-order valence-electron chi connectivity index (χ4n) is 1.64. The molecule has 0 aliphatic heterocycles. The molecule has 0 spiro atoms. The molecule has 1 rings (SSSR count). The molecule has 0 amide bonds.